The van der Waals surface area contributed by atoms with E-state index in [2.05, 4.69) is 16.0 Å². The van der Waals surface area contributed by atoms with Gasteiger partial charge >= 0.3 is 0 Å². The average molecular weight is 407 g/mol. The predicted octanol–water partition coefficient (Wildman–Crippen LogP) is 4.10. The van der Waals surface area contributed by atoms with Crippen molar-refractivity contribution < 1.29 is 14.3 Å². The number of likely N-dealkylation sites (tertiary alicyclic amines) is 1. The highest BCUT2D eigenvalue weighted by molar-refractivity contribution is 6.03. The predicted molar refractivity (Wildman–Crippen MR) is 116 cm³/mol. The Kier molecular flexibility index (Phi) is 5.34. The lowest BCUT2D eigenvalue weighted by atomic mass is 9.90. The van der Waals surface area contributed by atoms with Crippen molar-refractivity contribution in [1.29, 1.82) is 0 Å². The fourth-order valence-corrected chi connectivity index (χ4v) is 4.75. The number of aromatic nitrogens is 1. The third-order valence-corrected chi connectivity index (χ3v) is 6.71. The molecule has 3 aliphatic rings. The van der Waals surface area contributed by atoms with Gasteiger partial charge in [0.2, 0.25) is 11.8 Å². The van der Waals surface area contributed by atoms with Crippen molar-refractivity contribution >= 4 is 17.3 Å². The van der Waals surface area contributed by atoms with E-state index in [0.717, 1.165) is 61.1 Å². The number of amides is 1. The molecule has 3 heterocycles. The first-order chi connectivity index (χ1) is 14.7. The Balaban J connectivity index is 1.29. The van der Waals surface area contributed by atoms with Crippen LogP contribution in [-0.2, 0) is 11.2 Å². The number of hydrogen-bond acceptors (Lipinski definition) is 5. The summed E-state index contributed by atoms with van der Waals surface area (Å²) >= 11 is 0. The molecule has 0 N–H and O–H groups in total. The number of fused-ring (bicyclic) bond motifs is 1. The second kappa shape index (κ2) is 8.26. The van der Waals surface area contributed by atoms with Crippen molar-refractivity contribution in [2.75, 3.05) is 25.1 Å². The Labute approximate surface area is 177 Å². The minimum Gasteiger partial charge on any atom is -0.490 e. The molecule has 6 heteroatoms. The quantitative estimate of drug-likeness (QED) is 0.748. The number of aryl methyl sites for hydroxylation is 1. The van der Waals surface area contributed by atoms with E-state index in [1.54, 1.807) is 24.3 Å². The summed E-state index contributed by atoms with van der Waals surface area (Å²) in [4.78, 5) is 21.3. The van der Waals surface area contributed by atoms with Crippen LogP contribution < -0.4 is 14.4 Å². The van der Waals surface area contributed by atoms with Gasteiger partial charge in [0.1, 0.15) is 11.9 Å². The summed E-state index contributed by atoms with van der Waals surface area (Å²) in [5.74, 6) is 1.54. The van der Waals surface area contributed by atoms with Crippen LogP contribution in [0, 0.1) is 0 Å². The normalized spacial score (nSPS) is 20.6. The van der Waals surface area contributed by atoms with E-state index in [9.17, 15) is 4.79 Å². The molecule has 2 aliphatic heterocycles. The molecule has 158 valence electrons. The molecular weight excluding hydrogens is 377 g/mol. The number of carbonyl (C=O) groups is 1. The molecule has 0 radical (unpaired) electrons. The zero-order chi connectivity index (χ0) is 20.5. The molecular formula is C24H29N3O3. The zero-order valence-electron chi connectivity index (χ0n) is 17.5. The van der Waals surface area contributed by atoms with Gasteiger partial charge in [0.05, 0.1) is 24.7 Å². The van der Waals surface area contributed by atoms with Crippen molar-refractivity contribution in [1.82, 2.24) is 9.88 Å². The monoisotopic (exact) mass is 406 g/mol. The number of methoxy groups -OCH3 is 1. The molecule has 1 saturated heterocycles. The van der Waals surface area contributed by atoms with Gasteiger partial charge in [0.15, 0.2) is 0 Å². The third-order valence-electron chi connectivity index (χ3n) is 6.71. The Hall–Kier alpha value is -2.60. The molecule has 0 atom stereocenters. The second-order valence-electron chi connectivity index (χ2n) is 8.52. The maximum absolute atomic E-state index is 12.7. The van der Waals surface area contributed by atoms with Crippen LogP contribution in [0.3, 0.4) is 0 Å². The molecule has 1 aromatic heterocycles. The minimum absolute atomic E-state index is 0.0894. The van der Waals surface area contributed by atoms with Gasteiger partial charge in [-0.3, -0.25) is 9.69 Å². The zero-order valence-corrected chi connectivity index (χ0v) is 17.5. The molecule has 1 saturated carbocycles. The van der Waals surface area contributed by atoms with Gasteiger partial charge in [-0.25, -0.2) is 4.98 Å². The highest BCUT2D eigenvalue weighted by Gasteiger charge is 2.30. The second-order valence-corrected chi connectivity index (χ2v) is 8.52. The average Bonchev–Trinajstić information content (AvgIpc) is 2.74. The lowest BCUT2D eigenvalue weighted by Gasteiger charge is -2.41. The molecule has 0 bridgehead atoms. The summed E-state index contributed by atoms with van der Waals surface area (Å²) in [5, 5.41) is 0. The van der Waals surface area contributed by atoms with Gasteiger partial charge in [-0.05, 0) is 61.9 Å². The van der Waals surface area contributed by atoms with Crippen molar-refractivity contribution in [2.24, 2.45) is 0 Å². The highest BCUT2D eigenvalue weighted by Crippen LogP contribution is 2.37. The lowest BCUT2D eigenvalue weighted by Crippen LogP contribution is -2.46. The Morgan fingerprint density at radius 2 is 1.87 bits per heavy atom. The molecule has 1 amide bonds. The Bertz CT molecular complexity index is 902. The number of carbonyl (C=O) groups excluding carboxylic acids is 1. The van der Waals surface area contributed by atoms with Crippen LogP contribution in [0.25, 0.3) is 0 Å². The van der Waals surface area contributed by atoms with E-state index in [4.69, 9.17) is 9.47 Å². The standard InChI is InChI=1S/C24H29N3O3/c1-29-23-9-6-19(16-25-23)27-22-8-7-21(15-17(22)5-10-24(27)28)30-20-11-13-26(14-12-20)18-3-2-4-18/h6-9,15-16,18,20H,2-5,10-14H2,1H3/i1-1. The molecule has 30 heavy (non-hydrogen) atoms. The first-order valence-corrected chi connectivity index (χ1v) is 11.1. The SMILES string of the molecule is [11CH3]Oc1ccc(N2C(=O)CCc3cc(OC4CCN(C5CCC5)CC4)ccc32)cn1. The van der Waals surface area contributed by atoms with Gasteiger partial charge in [-0.1, -0.05) is 6.42 Å². The summed E-state index contributed by atoms with van der Waals surface area (Å²) in [7, 11) is 1.59. The molecule has 1 aromatic carbocycles. The van der Waals surface area contributed by atoms with E-state index in [0.29, 0.717) is 12.3 Å². The van der Waals surface area contributed by atoms with E-state index < -0.39 is 0 Å². The summed E-state index contributed by atoms with van der Waals surface area (Å²) in [6, 6.07) is 10.6. The summed E-state index contributed by atoms with van der Waals surface area (Å²) in [5.41, 5.74) is 2.83. The first-order valence-electron chi connectivity index (χ1n) is 11.1. The van der Waals surface area contributed by atoms with Crippen LogP contribution in [0.1, 0.15) is 44.1 Å². The smallest absolute Gasteiger partial charge is 0.231 e. The highest BCUT2D eigenvalue weighted by atomic mass is 16.5. The van der Waals surface area contributed by atoms with Crippen molar-refractivity contribution in [3.05, 3.63) is 42.1 Å². The molecule has 2 aromatic rings. The summed E-state index contributed by atoms with van der Waals surface area (Å²) < 4.78 is 11.5. The topological polar surface area (TPSA) is 54.9 Å². The van der Waals surface area contributed by atoms with E-state index in [1.165, 1.54) is 19.3 Å². The first kappa shape index (κ1) is 19.4. The largest absolute Gasteiger partial charge is 0.490 e. The van der Waals surface area contributed by atoms with Crippen LogP contribution in [0.15, 0.2) is 36.5 Å². The van der Waals surface area contributed by atoms with Gasteiger partial charge in [0, 0.05) is 31.6 Å². The fourth-order valence-electron chi connectivity index (χ4n) is 4.75. The number of anilines is 2. The van der Waals surface area contributed by atoms with E-state index >= 15 is 0 Å². The fraction of sp³-hybridized carbons (Fsp3) is 0.500. The van der Waals surface area contributed by atoms with E-state index in [1.807, 2.05) is 18.2 Å². The van der Waals surface area contributed by atoms with Gasteiger partial charge < -0.3 is 14.4 Å². The van der Waals surface area contributed by atoms with Crippen molar-refractivity contribution in [3.63, 3.8) is 0 Å². The minimum atomic E-state index is 0.0894. The van der Waals surface area contributed by atoms with E-state index in [-0.39, 0.29) is 12.0 Å². The van der Waals surface area contributed by atoms with Gasteiger partial charge in [-0.2, -0.15) is 0 Å². The lowest BCUT2D eigenvalue weighted by molar-refractivity contribution is -0.118. The van der Waals surface area contributed by atoms with Crippen LogP contribution in [-0.4, -0.2) is 48.1 Å². The van der Waals surface area contributed by atoms with Crippen LogP contribution >= 0.6 is 0 Å². The Morgan fingerprint density at radius 3 is 2.53 bits per heavy atom. The molecule has 0 spiro atoms. The summed E-state index contributed by atoms with van der Waals surface area (Å²) in [6.07, 6.45) is 9.52. The van der Waals surface area contributed by atoms with Crippen LogP contribution in [0.2, 0.25) is 0 Å². The van der Waals surface area contributed by atoms with Crippen molar-refractivity contribution in [3.8, 4) is 11.6 Å². The molecule has 2 fully saturated rings. The van der Waals surface area contributed by atoms with Gasteiger partial charge in [-0.15, -0.1) is 0 Å². The maximum atomic E-state index is 12.7. The number of pyridine rings is 1. The summed E-state index contributed by atoms with van der Waals surface area (Å²) in [6.45, 7) is 2.29. The molecule has 0 unspecified atom stereocenters. The number of ether oxygens (including phenoxy) is 2. The number of nitrogens with zero attached hydrogens (tertiary/aromatic N) is 3. The number of rotatable bonds is 5. The van der Waals surface area contributed by atoms with Crippen molar-refractivity contribution in [2.45, 2.75) is 57.1 Å². The number of piperidine rings is 1. The van der Waals surface area contributed by atoms with Crippen LogP contribution in [0.5, 0.6) is 11.6 Å². The molecule has 6 nitrogen and oxygen atoms in total. The van der Waals surface area contributed by atoms with Gasteiger partial charge in [0.25, 0.3) is 0 Å². The van der Waals surface area contributed by atoms with Crippen LogP contribution in [0.4, 0.5) is 11.4 Å². The molecule has 1 aliphatic carbocycles. The molecule has 5 rings (SSSR count). The third kappa shape index (κ3) is 3.76. The Morgan fingerprint density at radius 1 is 1.03 bits per heavy atom. The maximum Gasteiger partial charge on any atom is 0.231 e. The number of hydrogen-bond donors (Lipinski definition) is 0. The number of benzene rings is 1.